The molecule has 0 heterocycles. The van der Waals surface area contributed by atoms with Crippen LogP contribution in [0.5, 0.6) is 11.5 Å². The summed E-state index contributed by atoms with van der Waals surface area (Å²) in [5.74, 6) is 1.99. The molecule has 8 heteroatoms. The van der Waals surface area contributed by atoms with Crippen molar-refractivity contribution in [3.8, 4) is 11.5 Å². The fraction of sp³-hybridized carbons (Fsp3) is 0.625. The molecule has 0 radical (unpaired) electrons. The molecule has 174 valence electrons. The molecular formula is C24H32N2O6. The average molecular weight is 445 g/mol. The number of anilines is 1. The Balaban J connectivity index is 1.27. The number of carbonyl (C=O) groups is 3. The number of hydrogen-bond acceptors (Lipinski definition) is 6. The summed E-state index contributed by atoms with van der Waals surface area (Å²) in [6, 6.07) is 4.28. The Morgan fingerprint density at radius 2 is 1.53 bits per heavy atom. The van der Waals surface area contributed by atoms with Crippen molar-refractivity contribution in [3.63, 3.8) is 0 Å². The van der Waals surface area contributed by atoms with E-state index in [1.807, 2.05) is 13.8 Å². The van der Waals surface area contributed by atoms with Crippen LogP contribution in [0.25, 0.3) is 0 Å². The fourth-order valence-electron chi connectivity index (χ4n) is 6.10. The molecule has 0 atom stereocenters. The topological polar surface area (TPSA) is 103 Å². The van der Waals surface area contributed by atoms with Crippen molar-refractivity contribution in [2.45, 2.75) is 52.4 Å². The second-order valence-electron chi connectivity index (χ2n) is 9.30. The molecule has 8 nitrogen and oxygen atoms in total. The normalized spacial score (nSPS) is 27.5. The minimum Gasteiger partial charge on any atom is -0.490 e. The molecule has 4 aliphatic rings. The van der Waals surface area contributed by atoms with Gasteiger partial charge in [-0.1, -0.05) is 0 Å². The molecule has 1 aromatic rings. The molecule has 4 saturated carbocycles. The summed E-state index contributed by atoms with van der Waals surface area (Å²) in [5, 5.41) is 4.80. The number of rotatable bonds is 8. The molecular weight excluding hydrogens is 412 g/mol. The Morgan fingerprint density at radius 3 is 2.12 bits per heavy atom. The van der Waals surface area contributed by atoms with E-state index in [9.17, 15) is 14.4 Å². The molecule has 0 aliphatic heterocycles. The molecule has 3 amide bonds. The molecule has 4 aliphatic carbocycles. The van der Waals surface area contributed by atoms with Crippen LogP contribution in [0.2, 0.25) is 0 Å². The zero-order chi connectivity index (χ0) is 22.7. The summed E-state index contributed by atoms with van der Waals surface area (Å²) >= 11 is 0. The van der Waals surface area contributed by atoms with Gasteiger partial charge >= 0.3 is 12.0 Å². The van der Waals surface area contributed by atoms with Gasteiger partial charge in [0, 0.05) is 11.8 Å². The first-order valence-corrected chi connectivity index (χ1v) is 11.6. The van der Waals surface area contributed by atoms with E-state index >= 15 is 0 Å². The number of nitrogens with one attached hydrogen (secondary N) is 2. The number of carbonyl (C=O) groups excluding carboxylic acids is 3. The number of benzene rings is 1. The Bertz CT molecular complexity index is 848. The molecule has 4 fully saturated rings. The van der Waals surface area contributed by atoms with Gasteiger partial charge in [-0.2, -0.15) is 0 Å². The smallest absolute Gasteiger partial charge is 0.325 e. The first-order valence-electron chi connectivity index (χ1n) is 11.6. The van der Waals surface area contributed by atoms with E-state index in [4.69, 9.17) is 14.2 Å². The highest BCUT2D eigenvalue weighted by Crippen LogP contribution is 2.60. The van der Waals surface area contributed by atoms with Gasteiger partial charge in [0.05, 0.1) is 18.6 Å². The highest BCUT2D eigenvalue weighted by molar-refractivity contribution is 6.02. The van der Waals surface area contributed by atoms with Crippen molar-refractivity contribution in [2.75, 3.05) is 25.1 Å². The monoisotopic (exact) mass is 444 g/mol. The lowest BCUT2D eigenvalue weighted by Gasteiger charge is -2.55. The molecule has 0 unspecified atom stereocenters. The van der Waals surface area contributed by atoms with Gasteiger partial charge in [0.2, 0.25) is 0 Å². The van der Waals surface area contributed by atoms with Gasteiger partial charge in [-0.15, -0.1) is 0 Å². The van der Waals surface area contributed by atoms with Gasteiger partial charge in [-0.05, 0) is 82.3 Å². The third-order valence-electron chi connectivity index (χ3n) is 6.86. The minimum absolute atomic E-state index is 0.278. The van der Waals surface area contributed by atoms with Crippen LogP contribution in [-0.2, 0) is 14.3 Å². The number of esters is 1. The van der Waals surface area contributed by atoms with E-state index < -0.39 is 24.0 Å². The predicted octanol–water partition coefficient (Wildman–Crippen LogP) is 3.89. The van der Waals surface area contributed by atoms with E-state index in [-0.39, 0.29) is 5.97 Å². The number of hydrogen-bond donors (Lipinski definition) is 2. The zero-order valence-electron chi connectivity index (χ0n) is 18.8. The summed E-state index contributed by atoms with van der Waals surface area (Å²) in [7, 11) is 0. The maximum absolute atomic E-state index is 12.8. The third-order valence-corrected chi connectivity index (χ3v) is 6.86. The van der Waals surface area contributed by atoms with Crippen LogP contribution >= 0.6 is 0 Å². The van der Waals surface area contributed by atoms with Gasteiger partial charge in [0.1, 0.15) is 0 Å². The van der Waals surface area contributed by atoms with Gasteiger partial charge in [-0.25, -0.2) is 4.79 Å². The first-order chi connectivity index (χ1) is 15.4. The van der Waals surface area contributed by atoms with Gasteiger partial charge in [0.15, 0.2) is 18.1 Å². The highest BCUT2D eigenvalue weighted by Gasteiger charge is 2.55. The molecule has 5 rings (SSSR count). The second kappa shape index (κ2) is 9.38. The lowest BCUT2D eigenvalue weighted by atomic mass is 9.49. The summed E-state index contributed by atoms with van der Waals surface area (Å²) in [4.78, 5) is 37.2. The largest absolute Gasteiger partial charge is 0.490 e. The lowest BCUT2D eigenvalue weighted by Crippen LogP contribution is -2.51. The van der Waals surface area contributed by atoms with Crippen LogP contribution in [0, 0.1) is 23.2 Å². The predicted molar refractivity (Wildman–Crippen MR) is 118 cm³/mol. The SMILES string of the molecule is CCOc1ccc(NC(=O)NC(=O)COC(=O)C23CC4CC(CC(C4)C2)C3)cc1OCC. The van der Waals surface area contributed by atoms with Gasteiger partial charge in [-0.3, -0.25) is 14.9 Å². The average Bonchev–Trinajstić information content (AvgIpc) is 2.73. The van der Waals surface area contributed by atoms with Crippen LogP contribution in [0.15, 0.2) is 18.2 Å². The summed E-state index contributed by atoms with van der Waals surface area (Å²) in [5.41, 5.74) is 0.0303. The molecule has 0 saturated heterocycles. The van der Waals surface area contributed by atoms with Crippen LogP contribution in [-0.4, -0.2) is 37.7 Å². The van der Waals surface area contributed by atoms with E-state index in [1.54, 1.807) is 18.2 Å². The maximum Gasteiger partial charge on any atom is 0.325 e. The summed E-state index contributed by atoms with van der Waals surface area (Å²) in [6.45, 7) is 4.21. The Morgan fingerprint density at radius 1 is 0.938 bits per heavy atom. The van der Waals surface area contributed by atoms with Crippen molar-refractivity contribution in [1.29, 1.82) is 0 Å². The van der Waals surface area contributed by atoms with Crippen molar-refractivity contribution in [1.82, 2.24) is 5.32 Å². The lowest BCUT2D eigenvalue weighted by molar-refractivity contribution is -0.173. The van der Waals surface area contributed by atoms with E-state index in [2.05, 4.69) is 10.6 Å². The zero-order valence-corrected chi connectivity index (χ0v) is 18.8. The Hall–Kier alpha value is -2.77. The van der Waals surface area contributed by atoms with Crippen molar-refractivity contribution in [3.05, 3.63) is 18.2 Å². The first kappa shape index (κ1) is 22.4. The Kier molecular flexibility index (Phi) is 6.58. The van der Waals surface area contributed by atoms with Gasteiger partial charge in [0.25, 0.3) is 5.91 Å². The second-order valence-corrected chi connectivity index (χ2v) is 9.30. The van der Waals surface area contributed by atoms with Crippen LogP contribution in [0.1, 0.15) is 52.4 Å². The van der Waals surface area contributed by atoms with E-state index in [1.165, 1.54) is 19.3 Å². The fourth-order valence-corrected chi connectivity index (χ4v) is 6.10. The van der Waals surface area contributed by atoms with E-state index in [0.717, 1.165) is 19.3 Å². The summed E-state index contributed by atoms with van der Waals surface area (Å²) < 4.78 is 16.4. The minimum atomic E-state index is -0.701. The molecule has 0 spiro atoms. The number of ether oxygens (including phenoxy) is 3. The van der Waals surface area contributed by atoms with Gasteiger partial charge < -0.3 is 19.5 Å². The van der Waals surface area contributed by atoms with Crippen LogP contribution in [0.4, 0.5) is 10.5 Å². The number of imide groups is 1. The van der Waals surface area contributed by atoms with Crippen LogP contribution in [0.3, 0.4) is 0 Å². The molecule has 4 bridgehead atoms. The molecule has 32 heavy (non-hydrogen) atoms. The molecule has 0 aromatic heterocycles. The van der Waals surface area contributed by atoms with Crippen molar-refractivity contribution >= 4 is 23.6 Å². The maximum atomic E-state index is 12.8. The number of urea groups is 1. The number of amides is 3. The molecule has 2 N–H and O–H groups in total. The summed E-state index contributed by atoms with van der Waals surface area (Å²) in [6.07, 6.45) is 6.30. The van der Waals surface area contributed by atoms with E-state index in [0.29, 0.717) is 48.2 Å². The van der Waals surface area contributed by atoms with Crippen LogP contribution < -0.4 is 20.1 Å². The molecule has 1 aromatic carbocycles. The Labute approximate surface area is 188 Å². The highest BCUT2D eigenvalue weighted by atomic mass is 16.5. The van der Waals surface area contributed by atoms with Crippen molar-refractivity contribution in [2.24, 2.45) is 23.2 Å². The standard InChI is InChI=1S/C24H32N2O6/c1-3-30-19-6-5-18(10-20(19)31-4-2)25-23(29)26-21(27)14-32-22(28)24-11-15-7-16(12-24)9-17(8-15)13-24/h5-6,10,15-17H,3-4,7-9,11-14H2,1-2H3,(H2,25,26,27,29). The third kappa shape index (κ3) is 4.84. The van der Waals surface area contributed by atoms with Crippen molar-refractivity contribution < 1.29 is 28.6 Å². The quantitative estimate of drug-likeness (QED) is 0.590.